The van der Waals surface area contributed by atoms with Gasteiger partial charge in [0.05, 0.1) is 16.3 Å². The Balaban J connectivity index is 1.49. The Kier molecular flexibility index (Phi) is 8.12. The molecule has 4 rings (SSSR count). The van der Waals surface area contributed by atoms with E-state index in [0.717, 1.165) is 25.1 Å². The summed E-state index contributed by atoms with van der Waals surface area (Å²) in [4.78, 5) is 20.9. The number of benzene rings is 1. The van der Waals surface area contributed by atoms with E-state index in [9.17, 15) is 9.18 Å². The maximum absolute atomic E-state index is 15.5. The second kappa shape index (κ2) is 11.1. The van der Waals surface area contributed by atoms with Crippen molar-refractivity contribution >= 4 is 23.3 Å². The summed E-state index contributed by atoms with van der Waals surface area (Å²) in [7, 11) is 3.20. The molecule has 0 aliphatic carbocycles. The lowest BCUT2D eigenvalue weighted by molar-refractivity contribution is 0.0822. The fourth-order valence-corrected chi connectivity index (χ4v) is 5.05. The van der Waals surface area contributed by atoms with E-state index in [0.29, 0.717) is 24.3 Å². The van der Waals surface area contributed by atoms with Gasteiger partial charge in [0.15, 0.2) is 5.82 Å². The third-order valence-electron chi connectivity index (χ3n) is 6.82. The van der Waals surface area contributed by atoms with Crippen molar-refractivity contribution in [1.29, 1.82) is 0 Å². The first kappa shape index (κ1) is 26.3. The van der Waals surface area contributed by atoms with Crippen LogP contribution >= 0.6 is 11.6 Å². The zero-order chi connectivity index (χ0) is 26.0. The number of likely N-dealkylation sites (tertiary alicyclic amines) is 1. The minimum absolute atomic E-state index is 0.000994. The molecule has 1 saturated heterocycles. The molecule has 0 saturated carbocycles. The van der Waals surface area contributed by atoms with E-state index in [1.807, 2.05) is 13.0 Å². The summed E-state index contributed by atoms with van der Waals surface area (Å²) in [6.07, 6.45) is 3.77. The number of allylic oxidation sites excluding steroid dienone is 1. The number of nitrogens with one attached hydrogen (secondary N) is 3. The second-order valence-corrected chi connectivity index (χ2v) is 10.3. The van der Waals surface area contributed by atoms with Crippen molar-refractivity contribution in [2.24, 2.45) is 5.92 Å². The minimum Gasteiger partial charge on any atom is -0.350 e. The first-order chi connectivity index (χ1) is 17.1. The number of pyridine rings is 1. The van der Waals surface area contributed by atoms with Crippen LogP contribution in [0.5, 0.6) is 0 Å². The number of anilines is 1. The Bertz CT molecular complexity index is 1160. The number of carbonyl (C=O) groups is 1. The molecular weight excluding hydrogens is 486 g/mol. The van der Waals surface area contributed by atoms with Gasteiger partial charge in [0.2, 0.25) is 0 Å². The zero-order valence-corrected chi connectivity index (χ0v) is 21.8. The van der Waals surface area contributed by atoms with Crippen LogP contribution < -0.4 is 16.2 Å². The first-order valence-electron chi connectivity index (χ1n) is 12.2. The molecule has 0 spiro atoms. The van der Waals surface area contributed by atoms with Gasteiger partial charge in [-0.25, -0.2) is 19.2 Å². The predicted octanol–water partition coefficient (Wildman–Crippen LogP) is 4.31. The number of piperidine rings is 1. The van der Waals surface area contributed by atoms with Gasteiger partial charge in [-0.3, -0.25) is 9.69 Å². The number of rotatable bonds is 7. The maximum Gasteiger partial charge on any atom is 0.256 e. The van der Waals surface area contributed by atoms with Crippen LogP contribution in [0.25, 0.3) is 0 Å². The molecule has 1 aromatic carbocycles. The Morgan fingerprint density at radius 3 is 2.75 bits per heavy atom. The SMILES string of the molecule is CC1=CC(Nc2cc(C(=O)N(C)C)c(F)c(CC3CCN(Cc4cccc(Cl)c4F)[C@H](C)C3)n2)NN1. The number of carbonyl (C=O) groups excluding carboxylic acids is 1. The molecule has 2 aliphatic heterocycles. The number of hydrogen-bond donors (Lipinski definition) is 3. The molecule has 3 heterocycles. The van der Waals surface area contributed by atoms with Crippen LogP contribution in [0.3, 0.4) is 0 Å². The summed E-state index contributed by atoms with van der Waals surface area (Å²) in [5, 5.41) is 3.34. The highest BCUT2D eigenvalue weighted by molar-refractivity contribution is 6.30. The summed E-state index contributed by atoms with van der Waals surface area (Å²) >= 11 is 5.95. The van der Waals surface area contributed by atoms with Crippen molar-refractivity contribution < 1.29 is 13.6 Å². The minimum atomic E-state index is -0.570. The molecule has 0 radical (unpaired) electrons. The van der Waals surface area contributed by atoms with Crippen LogP contribution in [0.2, 0.25) is 5.02 Å². The Hall–Kier alpha value is -2.75. The topological polar surface area (TPSA) is 72.5 Å². The Morgan fingerprint density at radius 1 is 1.31 bits per heavy atom. The average molecular weight is 519 g/mol. The summed E-state index contributed by atoms with van der Waals surface area (Å²) in [6.45, 7) is 5.25. The summed E-state index contributed by atoms with van der Waals surface area (Å²) in [5.41, 5.74) is 7.88. The molecule has 7 nitrogen and oxygen atoms in total. The van der Waals surface area contributed by atoms with E-state index < -0.39 is 11.7 Å². The van der Waals surface area contributed by atoms with Gasteiger partial charge in [-0.05, 0) is 63.8 Å². The van der Waals surface area contributed by atoms with Gasteiger partial charge < -0.3 is 15.6 Å². The normalized spacial score (nSPS) is 22.2. The lowest BCUT2D eigenvalue weighted by atomic mass is 9.87. The van der Waals surface area contributed by atoms with Crippen molar-refractivity contribution in [2.75, 3.05) is 26.0 Å². The van der Waals surface area contributed by atoms with Gasteiger partial charge in [-0.2, -0.15) is 0 Å². The number of halogens is 3. The molecular formula is C26H33ClF2N6O. The maximum atomic E-state index is 15.5. The molecule has 1 amide bonds. The smallest absolute Gasteiger partial charge is 0.256 e. The van der Waals surface area contributed by atoms with Crippen LogP contribution in [0.1, 0.15) is 48.3 Å². The van der Waals surface area contributed by atoms with E-state index in [2.05, 4.69) is 33.0 Å². The van der Waals surface area contributed by atoms with E-state index in [1.54, 1.807) is 32.3 Å². The van der Waals surface area contributed by atoms with Gasteiger partial charge in [-0.15, -0.1) is 0 Å². The zero-order valence-electron chi connectivity index (χ0n) is 21.0. The quantitative estimate of drug-likeness (QED) is 0.507. The lowest BCUT2D eigenvalue weighted by Crippen LogP contribution is -2.41. The molecule has 1 aromatic heterocycles. The second-order valence-electron chi connectivity index (χ2n) is 9.88. The molecule has 2 aliphatic rings. The number of aromatic nitrogens is 1. The van der Waals surface area contributed by atoms with Gasteiger partial charge in [0.1, 0.15) is 17.8 Å². The molecule has 2 unspecified atom stereocenters. The number of nitrogens with zero attached hydrogens (tertiary/aromatic N) is 3. The number of hydrogen-bond acceptors (Lipinski definition) is 6. The van der Waals surface area contributed by atoms with Crippen LogP contribution in [0.15, 0.2) is 36.0 Å². The van der Waals surface area contributed by atoms with Crippen molar-refractivity contribution in [2.45, 2.75) is 51.9 Å². The standard InChI is InChI=1S/C26H33ClF2N6O/c1-15-10-23(33-32-15)31-22-13-19(26(36)34(3)4)25(29)21(30-22)12-17-8-9-35(16(2)11-17)14-18-6-5-7-20(27)24(18)28/h5-7,10,13,16-17,23,32-33H,8-9,11-12,14H2,1-4H3,(H,30,31)/t16-,17?,23?/m1/s1. The molecule has 0 bridgehead atoms. The van der Waals surface area contributed by atoms with Crippen molar-refractivity contribution in [3.8, 4) is 0 Å². The largest absolute Gasteiger partial charge is 0.350 e. The third kappa shape index (κ3) is 5.96. The number of amides is 1. The van der Waals surface area contributed by atoms with E-state index in [-0.39, 0.29) is 40.2 Å². The highest BCUT2D eigenvalue weighted by atomic mass is 35.5. The fraction of sp³-hybridized carbons (Fsp3) is 0.462. The molecule has 36 heavy (non-hydrogen) atoms. The predicted molar refractivity (Wildman–Crippen MR) is 137 cm³/mol. The first-order valence-corrected chi connectivity index (χ1v) is 12.5. The Labute approximate surface area is 215 Å². The number of hydrazine groups is 1. The summed E-state index contributed by atoms with van der Waals surface area (Å²) in [6, 6.07) is 6.71. The van der Waals surface area contributed by atoms with Crippen molar-refractivity contribution in [3.05, 3.63) is 69.5 Å². The molecule has 3 atom stereocenters. The van der Waals surface area contributed by atoms with Gasteiger partial charge in [0, 0.05) is 37.9 Å². The van der Waals surface area contributed by atoms with Crippen LogP contribution in [0, 0.1) is 17.6 Å². The average Bonchev–Trinajstić information content (AvgIpc) is 3.24. The summed E-state index contributed by atoms with van der Waals surface area (Å²) < 4.78 is 29.9. The molecule has 1 fully saturated rings. The molecule has 3 N–H and O–H groups in total. The highest BCUT2D eigenvalue weighted by Crippen LogP contribution is 2.30. The van der Waals surface area contributed by atoms with Crippen LogP contribution in [-0.4, -0.2) is 53.5 Å². The third-order valence-corrected chi connectivity index (χ3v) is 7.11. The highest BCUT2D eigenvalue weighted by Gasteiger charge is 2.29. The monoisotopic (exact) mass is 518 g/mol. The van der Waals surface area contributed by atoms with Crippen LogP contribution in [0.4, 0.5) is 14.6 Å². The molecule has 194 valence electrons. The van der Waals surface area contributed by atoms with Gasteiger partial charge in [0.25, 0.3) is 5.91 Å². The molecule has 2 aromatic rings. The lowest BCUT2D eigenvalue weighted by Gasteiger charge is -2.38. The van der Waals surface area contributed by atoms with Gasteiger partial charge >= 0.3 is 0 Å². The summed E-state index contributed by atoms with van der Waals surface area (Å²) in [5.74, 6) is -0.730. The Morgan fingerprint density at radius 2 is 2.08 bits per heavy atom. The van der Waals surface area contributed by atoms with Crippen LogP contribution in [-0.2, 0) is 13.0 Å². The van der Waals surface area contributed by atoms with E-state index >= 15 is 4.39 Å². The van der Waals surface area contributed by atoms with E-state index in [4.69, 9.17) is 11.6 Å². The molecule has 10 heteroatoms. The fourth-order valence-electron chi connectivity index (χ4n) is 4.85. The van der Waals surface area contributed by atoms with Gasteiger partial charge in [-0.1, -0.05) is 23.7 Å². The van der Waals surface area contributed by atoms with Crippen molar-refractivity contribution in [3.63, 3.8) is 0 Å². The van der Waals surface area contributed by atoms with Crippen molar-refractivity contribution in [1.82, 2.24) is 25.6 Å². The van der Waals surface area contributed by atoms with E-state index in [1.165, 1.54) is 11.0 Å².